The Morgan fingerprint density at radius 3 is 2.50 bits per heavy atom. The van der Waals surface area contributed by atoms with Gasteiger partial charge in [-0.25, -0.2) is 0 Å². The number of aliphatic hydroxyl groups excluding tert-OH is 2. The third-order valence-corrected chi connectivity index (χ3v) is 2.23. The summed E-state index contributed by atoms with van der Waals surface area (Å²) in [6.07, 6.45) is 0. The van der Waals surface area contributed by atoms with Crippen LogP contribution in [0.25, 0.3) is 0 Å². The van der Waals surface area contributed by atoms with Gasteiger partial charge in [0.2, 0.25) is 5.91 Å². The molecule has 1 amide bonds. The third-order valence-electron chi connectivity index (χ3n) is 2.23. The molecule has 0 spiro atoms. The minimum Gasteiger partial charge on any atom is -0.396 e. The van der Waals surface area contributed by atoms with Crippen molar-refractivity contribution in [1.82, 2.24) is 10.6 Å². The lowest BCUT2D eigenvalue weighted by atomic mass is 9.93. The van der Waals surface area contributed by atoms with E-state index in [2.05, 4.69) is 10.6 Å². The van der Waals surface area contributed by atoms with E-state index in [-0.39, 0.29) is 25.7 Å². The highest BCUT2D eigenvalue weighted by Crippen LogP contribution is 2.11. The zero-order valence-corrected chi connectivity index (χ0v) is 9.95. The van der Waals surface area contributed by atoms with Crippen molar-refractivity contribution in [3.8, 4) is 0 Å². The first-order chi connectivity index (χ1) is 7.58. The lowest BCUT2D eigenvalue weighted by molar-refractivity contribution is -0.120. The lowest BCUT2D eigenvalue weighted by Crippen LogP contribution is -2.42. The van der Waals surface area contributed by atoms with E-state index in [0.717, 1.165) is 0 Å². The van der Waals surface area contributed by atoms with Crippen LogP contribution in [0.5, 0.6) is 0 Å². The zero-order valence-electron chi connectivity index (χ0n) is 9.95. The molecule has 6 heteroatoms. The monoisotopic (exact) mass is 234 g/mol. The maximum atomic E-state index is 11.2. The summed E-state index contributed by atoms with van der Waals surface area (Å²) < 4.78 is 4.78. The van der Waals surface area contributed by atoms with Crippen LogP contribution >= 0.6 is 0 Å². The fraction of sp³-hybridized carbons (Fsp3) is 0.900. The van der Waals surface area contributed by atoms with Crippen LogP contribution in [0.3, 0.4) is 0 Å². The predicted molar refractivity (Wildman–Crippen MR) is 60.0 cm³/mol. The Morgan fingerprint density at radius 2 is 2.00 bits per heavy atom. The molecule has 0 saturated heterocycles. The highest BCUT2D eigenvalue weighted by Gasteiger charge is 2.21. The molecule has 0 heterocycles. The van der Waals surface area contributed by atoms with Crippen LogP contribution in [0.4, 0.5) is 0 Å². The van der Waals surface area contributed by atoms with E-state index in [1.165, 1.54) is 0 Å². The van der Waals surface area contributed by atoms with Gasteiger partial charge in [0.25, 0.3) is 0 Å². The number of nitrogens with one attached hydrogen (secondary N) is 2. The van der Waals surface area contributed by atoms with Gasteiger partial charge >= 0.3 is 0 Å². The minimum absolute atomic E-state index is 0.123. The molecule has 0 radical (unpaired) electrons. The number of amides is 1. The SMILES string of the molecule is COCCNC(=O)CNCC(C)(CO)CO. The van der Waals surface area contributed by atoms with Crippen LogP contribution in [0.2, 0.25) is 0 Å². The molecular formula is C10H22N2O4. The maximum Gasteiger partial charge on any atom is 0.234 e. The summed E-state index contributed by atoms with van der Waals surface area (Å²) >= 11 is 0. The molecular weight excluding hydrogens is 212 g/mol. The van der Waals surface area contributed by atoms with Crippen molar-refractivity contribution in [2.75, 3.05) is 46.6 Å². The van der Waals surface area contributed by atoms with E-state index in [0.29, 0.717) is 19.7 Å². The first-order valence-electron chi connectivity index (χ1n) is 5.26. The third kappa shape index (κ3) is 6.73. The Kier molecular flexibility index (Phi) is 8.10. The summed E-state index contributed by atoms with van der Waals surface area (Å²) in [5.41, 5.74) is -0.590. The Hall–Kier alpha value is -0.690. The second-order valence-electron chi connectivity index (χ2n) is 4.07. The lowest BCUT2D eigenvalue weighted by Gasteiger charge is -2.24. The van der Waals surface area contributed by atoms with Gasteiger partial charge in [-0.15, -0.1) is 0 Å². The van der Waals surface area contributed by atoms with Crippen molar-refractivity contribution >= 4 is 5.91 Å². The molecule has 0 aliphatic rings. The predicted octanol–water partition coefficient (Wildman–Crippen LogP) is -1.67. The van der Waals surface area contributed by atoms with E-state index in [9.17, 15) is 4.79 Å². The number of ether oxygens (including phenoxy) is 1. The largest absolute Gasteiger partial charge is 0.396 e. The second kappa shape index (κ2) is 8.46. The number of hydrogen-bond donors (Lipinski definition) is 4. The first-order valence-corrected chi connectivity index (χ1v) is 5.26. The van der Waals surface area contributed by atoms with Gasteiger partial charge in [-0.05, 0) is 0 Å². The molecule has 96 valence electrons. The Labute approximate surface area is 96.0 Å². The van der Waals surface area contributed by atoms with Gasteiger partial charge in [0.1, 0.15) is 0 Å². The van der Waals surface area contributed by atoms with Crippen molar-refractivity contribution in [2.45, 2.75) is 6.92 Å². The fourth-order valence-corrected chi connectivity index (χ4v) is 0.995. The quantitative estimate of drug-likeness (QED) is 0.358. The van der Waals surface area contributed by atoms with Crippen molar-refractivity contribution in [3.05, 3.63) is 0 Å². The molecule has 0 fully saturated rings. The maximum absolute atomic E-state index is 11.2. The van der Waals surface area contributed by atoms with Crippen LogP contribution < -0.4 is 10.6 Å². The Bertz CT molecular complexity index is 195. The Morgan fingerprint density at radius 1 is 1.38 bits per heavy atom. The average molecular weight is 234 g/mol. The van der Waals surface area contributed by atoms with Gasteiger partial charge in [0.05, 0.1) is 26.4 Å². The molecule has 0 aromatic heterocycles. The molecule has 0 aliphatic heterocycles. The summed E-state index contributed by atoms with van der Waals surface area (Å²) in [5, 5.41) is 23.5. The standard InChI is InChI=1S/C10H22N2O4/c1-10(7-13,8-14)6-11-5-9(15)12-3-4-16-2/h11,13-14H,3-8H2,1-2H3,(H,12,15). The van der Waals surface area contributed by atoms with Crippen LogP contribution in [-0.4, -0.2) is 62.7 Å². The molecule has 0 atom stereocenters. The zero-order chi connectivity index (χ0) is 12.4. The van der Waals surface area contributed by atoms with E-state index < -0.39 is 5.41 Å². The number of rotatable bonds is 9. The smallest absolute Gasteiger partial charge is 0.234 e. The number of aliphatic hydroxyl groups is 2. The summed E-state index contributed by atoms with van der Waals surface area (Å²) in [7, 11) is 1.57. The number of carbonyl (C=O) groups excluding carboxylic acids is 1. The number of methoxy groups -OCH3 is 1. The second-order valence-corrected chi connectivity index (χ2v) is 4.07. The van der Waals surface area contributed by atoms with Gasteiger partial charge in [-0.3, -0.25) is 4.79 Å². The van der Waals surface area contributed by atoms with Gasteiger partial charge in [-0.2, -0.15) is 0 Å². The molecule has 0 unspecified atom stereocenters. The normalized spacial score (nSPS) is 11.5. The van der Waals surface area contributed by atoms with Crippen molar-refractivity contribution in [2.24, 2.45) is 5.41 Å². The molecule has 0 saturated carbocycles. The number of carbonyl (C=O) groups is 1. The van der Waals surface area contributed by atoms with Crippen molar-refractivity contribution < 1.29 is 19.7 Å². The topological polar surface area (TPSA) is 90.8 Å². The van der Waals surface area contributed by atoms with Crippen LogP contribution in [0.15, 0.2) is 0 Å². The average Bonchev–Trinajstić information content (AvgIpc) is 2.29. The van der Waals surface area contributed by atoms with E-state index >= 15 is 0 Å². The summed E-state index contributed by atoms with van der Waals surface area (Å²) in [4.78, 5) is 11.2. The first kappa shape index (κ1) is 15.3. The molecule has 0 aliphatic carbocycles. The summed E-state index contributed by atoms with van der Waals surface area (Å²) in [5.74, 6) is -0.129. The molecule has 6 nitrogen and oxygen atoms in total. The van der Waals surface area contributed by atoms with Gasteiger partial charge in [0.15, 0.2) is 0 Å². The van der Waals surface area contributed by atoms with E-state index in [1.54, 1.807) is 14.0 Å². The minimum atomic E-state index is -0.590. The van der Waals surface area contributed by atoms with Crippen LogP contribution in [0, 0.1) is 5.41 Å². The summed E-state index contributed by atoms with van der Waals surface area (Å²) in [6, 6.07) is 0. The molecule has 0 aromatic rings. The fourth-order valence-electron chi connectivity index (χ4n) is 0.995. The van der Waals surface area contributed by atoms with Gasteiger partial charge in [0, 0.05) is 25.6 Å². The van der Waals surface area contributed by atoms with Crippen LogP contribution in [-0.2, 0) is 9.53 Å². The molecule has 0 aromatic carbocycles. The molecule has 0 bridgehead atoms. The Balaban J connectivity index is 3.60. The van der Waals surface area contributed by atoms with E-state index in [4.69, 9.17) is 14.9 Å². The molecule has 4 N–H and O–H groups in total. The van der Waals surface area contributed by atoms with E-state index in [1.807, 2.05) is 0 Å². The van der Waals surface area contributed by atoms with Crippen molar-refractivity contribution in [3.63, 3.8) is 0 Å². The summed E-state index contributed by atoms with van der Waals surface area (Å²) in [6.45, 7) is 3.01. The molecule has 16 heavy (non-hydrogen) atoms. The highest BCUT2D eigenvalue weighted by molar-refractivity contribution is 5.77. The van der Waals surface area contributed by atoms with Gasteiger partial charge < -0.3 is 25.6 Å². The van der Waals surface area contributed by atoms with Crippen molar-refractivity contribution in [1.29, 1.82) is 0 Å². The highest BCUT2D eigenvalue weighted by atomic mass is 16.5. The number of hydrogen-bond acceptors (Lipinski definition) is 5. The van der Waals surface area contributed by atoms with Gasteiger partial charge in [-0.1, -0.05) is 6.92 Å². The molecule has 0 rings (SSSR count). The van der Waals surface area contributed by atoms with Crippen LogP contribution in [0.1, 0.15) is 6.92 Å².